The molecule has 0 aliphatic carbocycles. The van der Waals surface area contributed by atoms with Gasteiger partial charge in [0.2, 0.25) is 0 Å². The van der Waals surface area contributed by atoms with Crippen LogP contribution in [0.5, 0.6) is 0 Å². The summed E-state index contributed by atoms with van der Waals surface area (Å²) in [4.78, 5) is 12.2. The summed E-state index contributed by atoms with van der Waals surface area (Å²) >= 11 is 0. The van der Waals surface area contributed by atoms with Gasteiger partial charge in [0.15, 0.2) is 6.29 Å². The second-order valence-corrected chi connectivity index (χ2v) is 7.52. The predicted octanol–water partition coefficient (Wildman–Crippen LogP) is 7.22. The second-order valence-electron chi connectivity index (χ2n) is 7.52. The monoisotopic (exact) mass is 360 g/mol. The maximum Gasteiger partial charge on any atom is 0.150 e. The molecule has 1 nitrogen and oxygen atoms in total. The molecule has 0 saturated heterocycles. The Morgan fingerprint density at radius 1 is 0.741 bits per heavy atom. The zero-order valence-electron chi connectivity index (χ0n) is 16.3. The van der Waals surface area contributed by atoms with Crippen LogP contribution in [0.2, 0.25) is 0 Å². The van der Waals surface area contributed by atoms with E-state index >= 15 is 0 Å². The molecule has 0 radical (unpaired) electrons. The molecule has 0 aliphatic rings. The Hall–Kier alpha value is -2.74. The zero-order valence-corrected chi connectivity index (χ0v) is 16.3. The van der Waals surface area contributed by atoms with Gasteiger partial charge in [-0.15, -0.1) is 0 Å². The van der Waals surface area contributed by atoms with E-state index in [1.54, 1.807) is 12.1 Å². The molecule has 2 heteroatoms. The minimum absolute atomic E-state index is 0.215. The molecule has 0 aliphatic heterocycles. The van der Waals surface area contributed by atoms with E-state index in [1.165, 1.54) is 17.7 Å². The molecule has 0 N–H and O–H groups in total. The third-order valence-electron chi connectivity index (χ3n) is 4.99. The lowest BCUT2D eigenvalue weighted by Gasteiger charge is -2.24. The number of carbonyl (C=O) groups is 1. The Bertz CT molecular complexity index is 938. The fourth-order valence-electron chi connectivity index (χ4n) is 3.63. The number of hydrogen-bond acceptors (Lipinski definition) is 1. The lowest BCUT2D eigenvalue weighted by atomic mass is 9.79. The average Bonchev–Trinajstić information content (AvgIpc) is 2.67. The molecular formula is C25H25FO. The van der Waals surface area contributed by atoms with Gasteiger partial charge in [-0.3, -0.25) is 4.79 Å². The van der Waals surface area contributed by atoms with E-state index < -0.39 is 0 Å². The van der Waals surface area contributed by atoms with Gasteiger partial charge in [-0.2, -0.15) is 0 Å². The van der Waals surface area contributed by atoms with Crippen molar-refractivity contribution < 1.29 is 9.18 Å². The van der Waals surface area contributed by atoms with Crippen molar-refractivity contribution in [3.63, 3.8) is 0 Å². The molecule has 0 atom stereocenters. The summed E-state index contributed by atoms with van der Waals surface area (Å²) in [7, 11) is 0. The zero-order chi connectivity index (χ0) is 19.6. The molecule has 0 bridgehead atoms. The van der Waals surface area contributed by atoms with E-state index in [9.17, 15) is 9.18 Å². The topological polar surface area (TPSA) is 17.1 Å². The van der Waals surface area contributed by atoms with Gasteiger partial charge in [-0.05, 0) is 51.8 Å². The molecular weight excluding hydrogens is 335 g/mol. The van der Waals surface area contributed by atoms with Gasteiger partial charge in [0, 0.05) is 11.1 Å². The van der Waals surface area contributed by atoms with E-state index in [0.717, 1.165) is 34.1 Å². The molecule has 0 aromatic heterocycles. The molecule has 3 rings (SSSR count). The quantitative estimate of drug-likeness (QED) is 0.439. The first-order valence-corrected chi connectivity index (χ1v) is 9.41. The number of halogens is 1. The standard InChI is InChI=1S/C25H25FO/c1-16(2)21-14-22(17(3)4)24(18-8-6-5-7-9-18)25(23(21)15-27)19-10-12-20(26)13-11-19/h5-17H,1-4H3. The molecule has 0 heterocycles. The van der Waals surface area contributed by atoms with Crippen LogP contribution in [0.3, 0.4) is 0 Å². The molecule has 0 fully saturated rings. The normalized spacial score (nSPS) is 11.2. The highest BCUT2D eigenvalue weighted by molar-refractivity contribution is 5.99. The molecule has 0 unspecified atom stereocenters. The van der Waals surface area contributed by atoms with Gasteiger partial charge in [0.25, 0.3) is 0 Å². The summed E-state index contributed by atoms with van der Waals surface area (Å²) < 4.78 is 13.6. The minimum atomic E-state index is -0.281. The van der Waals surface area contributed by atoms with Gasteiger partial charge in [0.1, 0.15) is 5.82 Å². The van der Waals surface area contributed by atoms with Gasteiger partial charge >= 0.3 is 0 Å². The highest BCUT2D eigenvalue weighted by Crippen LogP contribution is 2.43. The Kier molecular flexibility index (Phi) is 5.55. The lowest BCUT2D eigenvalue weighted by molar-refractivity contribution is 0.112. The van der Waals surface area contributed by atoms with E-state index in [2.05, 4.69) is 45.9 Å². The molecule has 0 amide bonds. The smallest absolute Gasteiger partial charge is 0.150 e. The van der Waals surface area contributed by atoms with Crippen LogP contribution in [0.4, 0.5) is 4.39 Å². The summed E-state index contributed by atoms with van der Waals surface area (Å²) in [6, 6.07) is 18.7. The summed E-state index contributed by atoms with van der Waals surface area (Å²) in [6.45, 7) is 8.54. The van der Waals surface area contributed by atoms with Crippen molar-refractivity contribution in [1.82, 2.24) is 0 Å². The first kappa shape index (κ1) is 19.0. The van der Waals surface area contributed by atoms with Crippen LogP contribution in [0.1, 0.15) is 61.0 Å². The molecule has 0 spiro atoms. The number of rotatable bonds is 5. The molecule has 27 heavy (non-hydrogen) atoms. The van der Waals surface area contributed by atoms with Crippen molar-refractivity contribution in [3.05, 3.63) is 83.2 Å². The first-order valence-electron chi connectivity index (χ1n) is 9.41. The van der Waals surface area contributed by atoms with Crippen LogP contribution in [0.25, 0.3) is 22.3 Å². The van der Waals surface area contributed by atoms with Gasteiger partial charge in [-0.25, -0.2) is 4.39 Å². The highest BCUT2D eigenvalue weighted by Gasteiger charge is 2.22. The second kappa shape index (κ2) is 7.87. The summed E-state index contributed by atoms with van der Waals surface area (Å²) in [5.41, 5.74) is 6.82. The Morgan fingerprint density at radius 3 is 1.81 bits per heavy atom. The van der Waals surface area contributed by atoms with Crippen molar-refractivity contribution in [1.29, 1.82) is 0 Å². The summed E-state index contributed by atoms with van der Waals surface area (Å²) in [5.74, 6) is 0.223. The molecule has 0 saturated carbocycles. The molecule has 3 aromatic rings. The van der Waals surface area contributed by atoms with E-state index in [1.807, 2.05) is 18.2 Å². The van der Waals surface area contributed by atoms with Crippen molar-refractivity contribution in [2.45, 2.75) is 39.5 Å². The number of benzene rings is 3. The third-order valence-corrected chi connectivity index (χ3v) is 4.99. The van der Waals surface area contributed by atoms with Crippen molar-refractivity contribution >= 4 is 6.29 Å². The van der Waals surface area contributed by atoms with Gasteiger partial charge in [0.05, 0.1) is 0 Å². The third kappa shape index (κ3) is 3.71. The van der Waals surface area contributed by atoms with E-state index in [0.29, 0.717) is 5.56 Å². The predicted molar refractivity (Wildman–Crippen MR) is 111 cm³/mol. The Morgan fingerprint density at radius 2 is 1.30 bits per heavy atom. The lowest BCUT2D eigenvalue weighted by Crippen LogP contribution is -2.06. The SMILES string of the molecule is CC(C)c1cc(C(C)C)c(-c2ccccc2)c(-c2ccc(F)cc2)c1C=O. The number of hydrogen-bond donors (Lipinski definition) is 0. The Balaban J connectivity index is 2.49. The van der Waals surface area contributed by atoms with Crippen LogP contribution in [-0.4, -0.2) is 6.29 Å². The maximum absolute atomic E-state index is 13.6. The fraction of sp³-hybridized carbons (Fsp3) is 0.240. The molecule has 3 aromatic carbocycles. The highest BCUT2D eigenvalue weighted by atomic mass is 19.1. The number of carbonyl (C=O) groups excluding carboxylic acids is 1. The van der Waals surface area contributed by atoms with E-state index in [4.69, 9.17) is 0 Å². The van der Waals surface area contributed by atoms with Crippen LogP contribution in [0.15, 0.2) is 60.7 Å². The summed E-state index contributed by atoms with van der Waals surface area (Å²) in [5, 5.41) is 0. The van der Waals surface area contributed by atoms with Crippen LogP contribution >= 0.6 is 0 Å². The van der Waals surface area contributed by atoms with E-state index in [-0.39, 0.29) is 17.7 Å². The largest absolute Gasteiger partial charge is 0.298 e. The Labute approximate surface area is 160 Å². The molecule has 138 valence electrons. The van der Waals surface area contributed by atoms with Crippen LogP contribution in [0, 0.1) is 5.82 Å². The minimum Gasteiger partial charge on any atom is -0.298 e. The van der Waals surface area contributed by atoms with Crippen molar-refractivity contribution in [3.8, 4) is 22.3 Å². The first-order chi connectivity index (χ1) is 12.9. The van der Waals surface area contributed by atoms with Gasteiger partial charge in [-0.1, -0.05) is 76.2 Å². The maximum atomic E-state index is 13.6. The summed E-state index contributed by atoms with van der Waals surface area (Å²) in [6.07, 6.45) is 0.949. The van der Waals surface area contributed by atoms with Crippen LogP contribution < -0.4 is 0 Å². The van der Waals surface area contributed by atoms with Crippen molar-refractivity contribution in [2.75, 3.05) is 0 Å². The number of aldehydes is 1. The van der Waals surface area contributed by atoms with Gasteiger partial charge < -0.3 is 0 Å². The van der Waals surface area contributed by atoms with Crippen LogP contribution in [-0.2, 0) is 0 Å². The average molecular weight is 360 g/mol. The fourth-order valence-corrected chi connectivity index (χ4v) is 3.63. The van der Waals surface area contributed by atoms with Crippen molar-refractivity contribution in [2.24, 2.45) is 0 Å².